The minimum atomic E-state index is -0.435. The number of carbonyl (C=O) groups is 2. The smallest absolute Gasteiger partial charge is 0.231 e. The van der Waals surface area contributed by atoms with Crippen molar-refractivity contribution in [1.82, 2.24) is 19.9 Å². The Balaban J connectivity index is 1.67. The predicted molar refractivity (Wildman–Crippen MR) is 106 cm³/mol. The van der Waals surface area contributed by atoms with Gasteiger partial charge in [0.2, 0.25) is 11.8 Å². The van der Waals surface area contributed by atoms with Gasteiger partial charge in [-0.2, -0.15) is 0 Å². The molecule has 4 rings (SSSR count). The monoisotopic (exact) mass is 395 g/mol. The molecular weight excluding hydrogens is 378 g/mol. The van der Waals surface area contributed by atoms with Gasteiger partial charge >= 0.3 is 0 Å². The van der Waals surface area contributed by atoms with Gasteiger partial charge in [-0.25, -0.2) is 9.97 Å². The van der Waals surface area contributed by atoms with E-state index in [1.807, 2.05) is 12.1 Å². The number of piperidine rings is 1. The van der Waals surface area contributed by atoms with Gasteiger partial charge in [-0.15, -0.1) is 0 Å². The van der Waals surface area contributed by atoms with E-state index in [4.69, 9.17) is 11.6 Å². The van der Waals surface area contributed by atoms with Crippen molar-refractivity contribution < 1.29 is 9.59 Å². The van der Waals surface area contributed by atoms with Crippen LogP contribution in [0.25, 0.3) is 11.0 Å². The van der Waals surface area contributed by atoms with Crippen molar-refractivity contribution in [2.24, 2.45) is 5.92 Å². The minimum Gasteiger partial charge on any atom is -0.338 e. The molecule has 1 aromatic carbocycles. The summed E-state index contributed by atoms with van der Waals surface area (Å²) in [7, 11) is 1.72. The van der Waals surface area contributed by atoms with Gasteiger partial charge in [-0.1, -0.05) is 23.7 Å². The number of carbonyl (C=O) groups excluding carboxylic acids is 2. The Morgan fingerprint density at radius 1 is 1.18 bits per heavy atom. The van der Waals surface area contributed by atoms with Gasteiger partial charge in [-0.3, -0.25) is 14.6 Å². The lowest BCUT2D eigenvalue weighted by molar-refractivity contribution is -0.140. The van der Waals surface area contributed by atoms with E-state index < -0.39 is 12.0 Å². The molecule has 2 aromatic heterocycles. The summed E-state index contributed by atoms with van der Waals surface area (Å²) in [4.78, 5) is 39.8. The van der Waals surface area contributed by atoms with Crippen LogP contribution in [0.15, 0.2) is 48.9 Å². The molecule has 0 bridgehead atoms. The summed E-state index contributed by atoms with van der Waals surface area (Å²) in [5, 5.41) is 3.44. The lowest BCUT2D eigenvalue weighted by atomic mass is 9.84. The number of amides is 2. The van der Waals surface area contributed by atoms with Crippen LogP contribution in [0, 0.1) is 5.92 Å². The molecule has 1 aliphatic heterocycles. The van der Waals surface area contributed by atoms with Crippen molar-refractivity contribution in [3.8, 4) is 0 Å². The molecule has 2 amide bonds. The molecule has 0 radical (unpaired) electrons. The predicted octanol–water partition coefficient (Wildman–Crippen LogP) is 3.23. The maximum Gasteiger partial charge on any atom is 0.231 e. The Bertz CT molecular complexity index is 1050. The number of hydrogen-bond acceptors (Lipinski definition) is 5. The molecular formula is C20H18ClN5O2. The Hall–Kier alpha value is -3.06. The average molecular weight is 396 g/mol. The topological polar surface area (TPSA) is 88.1 Å². The van der Waals surface area contributed by atoms with E-state index in [1.54, 1.807) is 48.7 Å². The van der Waals surface area contributed by atoms with E-state index in [0.717, 1.165) is 5.56 Å². The third kappa shape index (κ3) is 3.41. The van der Waals surface area contributed by atoms with E-state index in [2.05, 4.69) is 20.3 Å². The van der Waals surface area contributed by atoms with E-state index in [9.17, 15) is 9.59 Å². The van der Waals surface area contributed by atoms with Crippen LogP contribution in [0.2, 0.25) is 5.02 Å². The van der Waals surface area contributed by atoms with Crippen LogP contribution in [0.3, 0.4) is 0 Å². The highest BCUT2D eigenvalue weighted by Gasteiger charge is 2.39. The highest BCUT2D eigenvalue weighted by molar-refractivity contribution is 6.30. The molecule has 28 heavy (non-hydrogen) atoms. The van der Waals surface area contributed by atoms with Gasteiger partial charge in [0.15, 0.2) is 5.82 Å². The zero-order chi connectivity index (χ0) is 19.7. The van der Waals surface area contributed by atoms with Crippen molar-refractivity contribution in [1.29, 1.82) is 0 Å². The summed E-state index contributed by atoms with van der Waals surface area (Å²) in [6.45, 7) is 0. The summed E-state index contributed by atoms with van der Waals surface area (Å²) in [6.07, 6.45) is 5.49. The van der Waals surface area contributed by atoms with Gasteiger partial charge in [0, 0.05) is 37.1 Å². The fraction of sp³-hybridized carbons (Fsp3) is 0.250. The molecule has 142 valence electrons. The maximum absolute atomic E-state index is 13.2. The summed E-state index contributed by atoms with van der Waals surface area (Å²) >= 11 is 6.14. The quantitative estimate of drug-likeness (QED) is 0.735. The maximum atomic E-state index is 13.2. The molecule has 1 N–H and O–H groups in total. The fourth-order valence-corrected chi connectivity index (χ4v) is 3.86. The van der Waals surface area contributed by atoms with Gasteiger partial charge in [0.05, 0.1) is 17.5 Å². The van der Waals surface area contributed by atoms with Gasteiger partial charge in [-0.05, 0) is 30.2 Å². The number of anilines is 1. The number of nitrogens with zero attached hydrogens (tertiary/aromatic N) is 4. The van der Waals surface area contributed by atoms with Crippen LogP contribution in [-0.2, 0) is 9.59 Å². The molecule has 1 aliphatic rings. The first-order valence-electron chi connectivity index (χ1n) is 8.92. The highest BCUT2D eigenvalue weighted by atomic mass is 35.5. The van der Waals surface area contributed by atoms with Gasteiger partial charge < -0.3 is 10.2 Å². The standard InChI is InChI=1S/C20H18ClN5O2/c1-26-16(27)6-5-14(18(26)12-3-2-4-13(21)11-12)20(28)25-19-17-15(7-8-24-19)22-9-10-23-17/h2-4,7-11,14,18H,5-6H2,1H3,(H,24,25,28). The third-order valence-corrected chi connectivity index (χ3v) is 5.25. The SMILES string of the molecule is CN1C(=O)CCC(C(=O)Nc2nccc3nccnc23)C1c1cccc(Cl)c1. The molecule has 0 aliphatic carbocycles. The third-order valence-electron chi connectivity index (χ3n) is 5.02. The number of nitrogens with one attached hydrogen (secondary N) is 1. The lowest BCUT2D eigenvalue weighted by Gasteiger charge is -2.38. The van der Waals surface area contributed by atoms with Crippen LogP contribution in [0.1, 0.15) is 24.4 Å². The van der Waals surface area contributed by atoms with E-state index in [0.29, 0.717) is 34.7 Å². The van der Waals surface area contributed by atoms with Crippen LogP contribution in [0.5, 0.6) is 0 Å². The minimum absolute atomic E-state index is 0.00294. The van der Waals surface area contributed by atoms with E-state index in [-0.39, 0.29) is 11.8 Å². The summed E-state index contributed by atoms with van der Waals surface area (Å²) in [5.41, 5.74) is 2.00. The number of fused-ring (bicyclic) bond motifs is 1. The first-order valence-corrected chi connectivity index (χ1v) is 9.30. The van der Waals surface area contributed by atoms with Gasteiger partial charge in [0.25, 0.3) is 0 Å². The van der Waals surface area contributed by atoms with Crippen molar-refractivity contribution in [2.75, 3.05) is 12.4 Å². The van der Waals surface area contributed by atoms with Gasteiger partial charge in [0.1, 0.15) is 5.52 Å². The number of halogens is 1. The second kappa shape index (κ2) is 7.52. The van der Waals surface area contributed by atoms with Crippen LogP contribution in [-0.4, -0.2) is 38.7 Å². The molecule has 7 nitrogen and oxygen atoms in total. The van der Waals surface area contributed by atoms with Crippen molar-refractivity contribution in [2.45, 2.75) is 18.9 Å². The molecule has 0 spiro atoms. The first kappa shape index (κ1) is 18.3. The number of pyridine rings is 1. The van der Waals surface area contributed by atoms with E-state index >= 15 is 0 Å². The molecule has 8 heteroatoms. The van der Waals surface area contributed by atoms with Crippen LogP contribution in [0.4, 0.5) is 5.82 Å². The van der Waals surface area contributed by atoms with E-state index in [1.165, 1.54) is 0 Å². The highest BCUT2D eigenvalue weighted by Crippen LogP contribution is 2.37. The molecule has 1 saturated heterocycles. The Labute approximate surface area is 166 Å². The zero-order valence-corrected chi connectivity index (χ0v) is 15.9. The van der Waals surface area contributed by atoms with Crippen LogP contribution < -0.4 is 5.32 Å². The van der Waals surface area contributed by atoms with Crippen molar-refractivity contribution in [3.63, 3.8) is 0 Å². The number of likely N-dealkylation sites (tertiary alicyclic amines) is 1. The molecule has 0 saturated carbocycles. The van der Waals surface area contributed by atoms with Crippen molar-refractivity contribution >= 4 is 40.3 Å². The second-order valence-electron chi connectivity index (χ2n) is 6.72. The Kier molecular flexibility index (Phi) is 4.92. The number of rotatable bonds is 3. The lowest BCUT2D eigenvalue weighted by Crippen LogP contribution is -2.44. The molecule has 1 fully saturated rings. The number of benzene rings is 1. The Morgan fingerprint density at radius 3 is 2.82 bits per heavy atom. The summed E-state index contributed by atoms with van der Waals surface area (Å²) < 4.78 is 0. The molecule has 2 atom stereocenters. The molecule has 2 unspecified atom stereocenters. The zero-order valence-electron chi connectivity index (χ0n) is 15.2. The largest absolute Gasteiger partial charge is 0.338 e. The van der Waals surface area contributed by atoms with Crippen LogP contribution >= 0.6 is 11.6 Å². The summed E-state index contributed by atoms with van der Waals surface area (Å²) in [5.74, 6) is -0.284. The first-order chi connectivity index (χ1) is 13.5. The number of aromatic nitrogens is 3. The molecule has 3 aromatic rings. The normalized spacial score (nSPS) is 19.6. The average Bonchev–Trinajstić information content (AvgIpc) is 2.70. The number of hydrogen-bond donors (Lipinski definition) is 1. The van der Waals surface area contributed by atoms with Crippen molar-refractivity contribution in [3.05, 3.63) is 59.5 Å². The second-order valence-corrected chi connectivity index (χ2v) is 7.16. The Morgan fingerprint density at radius 2 is 2.00 bits per heavy atom. The summed E-state index contributed by atoms with van der Waals surface area (Å²) in [6, 6.07) is 8.60. The molecule has 3 heterocycles. The fourth-order valence-electron chi connectivity index (χ4n) is 3.66.